The molecule has 0 amide bonds. The topological polar surface area (TPSA) is 9.72 Å². The van der Waals surface area contributed by atoms with Crippen molar-refractivity contribution in [1.29, 1.82) is 0 Å². The molecule has 3 heteroatoms. The Morgan fingerprint density at radius 2 is 0.417 bits per heavy atom. The van der Waals surface area contributed by atoms with Crippen molar-refractivity contribution in [2.24, 2.45) is 0 Å². The summed E-state index contributed by atoms with van der Waals surface area (Å²) in [6, 6.07) is 86.5. The van der Waals surface area contributed by atoms with Crippen molar-refractivity contribution in [2.75, 3.05) is 14.7 Å². The molecule has 0 aliphatic heterocycles. The van der Waals surface area contributed by atoms with Crippen LogP contribution in [0, 0.1) is 20.8 Å². The first-order chi connectivity index (χ1) is 35.4. The molecule has 2 aliphatic rings. The second-order valence-electron chi connectivity index (χ2n) is 20.7. The second kappa shape index (κ2) is 20.6. The summed E-state index contributed by atoms with van der Waals surface area (Å²) in [5.74, 6) is 0. The van der Waals surface area contributed by atoms with Crippen LogP contribution < -0.4 is 14.7 Å². The third kappa shape index (κ3) is 9.37. The van der Waals surface area contributed by atoms with E-state index in [0.717, 1.165) is 37.1 Å². The summed E-state index contributed by atoms with van der Waals surface area (Å²) in [6.07, 6.45) is 12.1. The van der Waals surface area contributed by atoms with Crippen molar-refractivity contribution in [3.63, 3.8) is 0 Å². The Hall–Kier alpha value is -7.62. The minimum absolute atomic E-state index is 0.0416. The standard InChI is InChI=1S/C69H67N3/c1-52-20-34-61(35-21-52)70(59-16-8-4-9-17-59)64-40-26-55(27-41-64)68(48-12-6-13-49-68)57-30-44-66(45-31-57)72(63-38-24-54(3)25-39-63)67-46-32-58(33-47-67)69(50-14-7-15-51-69)56-28-42-65(43-29-56)71(60-18-10-5-11-19-60)62-36-22-53(2)23-37-62/h4-5,8-11,16-47H,6-7,12-15,48-51H2,1-3H3. The minimum Gasteiger partial charge on any atom is -0.311 e. The lowest BCUT2D eigenvalue weighted by molar-refractivity contribution is 0.346. The SMILES string of the molecule is Cc1ccc(N(c2ccccc2)c2ccc(C3(c4ccc(N(c5ccc(C)cc5)c5ccc(C6(c7ccc(N(c8ccccc8)c8ccc(C)cc8)cc7)CCCCC6)cc5)cc4)CCCCC3)cc2)cc1. The molecular formula is C69H67N3. The number of hydrogen-bond acceptors (Lipinski definition) is 3. The van der Waals surface area contributed by atoms with Gasteiger partial charge in [-0.3, -0.25) is 0 Å². The van der Waals surface area contributed by atoms with E-state index in [0.29, 0.717) is 0 Å². The fourth-order valence-corrected chi connectivity index (χ4v) is 12.1. The second-order valence-corrected chi connectivity index (χ2v) is 20.7. The first-order valence-corrected chi connectivity index (χ1v) is 26.5. The van der Waals surface area contributed by atoms with E-state index >= 15 is 0 Å². The van der Waals surface area contributed by atoms with Crippen molar-refractivity contribution in [3.05, 3.63) is 269 Å². The Balaban J connectivity index is 0.908. The minimum atomic E-state index is -0.0416. The van der Waals surface area contributed by atoms with Crippen LogP contribution in [0.3, 0.4) is 0 Å². The molecule has 0 spiro atoms. The van der Waals surface area contributed by atoms with E-state index in [1.807, 2.05) is 0 Å². The van der Waals surface area contributed by atoms with Crippen molar-refractivity contribution in [2.45, 2.75) is 95.8 Å². The maximum Gasteiger partial charge on any atom is 0.0461 e. The predicted octanol–water partition coefficient (Wildman–Crippen LogP) is 19.5. The number of para-hydroxylation sites is 2. The molecule has 72 heavy (non-hydrogen) atoms. The largest absolute Gasteiger partial charge is 0.311 e. The van der Waals surface area contributed by atoms with Crippen molar-refractivity contribution >= 4 is 51.2 Å². The molecule has 2 aliphatic carbocycles. The van der Waals surface area contributed by atoms with Crippen LogP contribution in [0.4, 0.5) is 51.2 Å². The molecule has 0 unspecified atom stereocenters. The monoisotopic (exact) mass is 938 g/mol. The molecule has 0 radical (unpaired) electrons. The summed E-state index contributed by atoms with van der Waals surface area (Å²) in [6.45, 7) is 6.48. The number of anilines is 9. The lowest BCUT2D eigenvalue weighted by Gasteiger charge is -2.39. The highest BCUT2D eigenvalue weighted by Gasteiger charge is 2.37. The van der Waals surface area contributed by atoms with Gasteiger partial charge < -0.3 is 14.7 Å². The highest BCUT2D eigenvalue weighted by molar-refractivity contribution is 5.80. The van der Waals surface area contributed by atoms with Gasteiger partial charge in [0.25, 0.3) is 0 Å². The number of nitrogens with zero attached hydrogens (tertiary/aromatic N) is 3. The molecule has 9 aromatic rings. The Morgan fingerprint density at radius 1 is 0.222 bits per heavy atom. The third-order valence-electron chi connectivity index (χ3n) is 16.0. The fraction of sp³-hybridized carbons (Fsp3) is 0.217. The first kappa shape index (κ1) is 46.7. The quantitative estimate of drug-likeness (QED) is 0.114. The average Bonchev–Trinajstić information content (AvgIpc) is 3.44. The molecule has 0 aromatic heterocycles. The van der Waals surface area contributed by atoms with Gasteiger partial charge in [0.05, 0.1) is 0 Å². The Kier molecular flexibility index (Phi) is 13.4. The summed E-state index contributed by atoms with van der Waals surface area (Å²) >= 11 is 0. The van der Waals surface area contributed by atoms with Crippen LogP contribution in [0.25, 0.3) is 0 Å². The van der Waals surface area contributed by atoms with Gasteiger partial charge in [-0.05, 0) is 178 Å². The van der Waals surface area contributed by atoms with E-state index in [-0.39, 0.29) is 10.8 Å². The Labute approximate surface area is 429 Å². The van der Waals surface area contributed by atoms with Crippen LogP contribution in [0.1, 0.15) is 103 Å². The maximum atomic E-state index is 2.45. The molecule has 9 aromatic carbocycles. The smallest absolute Gasteiger partial charge is 0.0461 e. The molecule has 3 nitrogen and oxygen atoms in total. The molecule has 0 bridgehead atoms. The Morgan fingerprint density at radius 3 is 0.639 bits per heavy atom. The van der Waals surface area contributed by atoms with Gasteiger partial charge in [0.15, 0.2) is 0 Å². The third-order valence-corrected chi connectivity index (χ3v) is 16.0. The average molecular weight is 938 g/mol. The van der Waals surface area contributed by atoms with Gasteiger partial charge in [-0.1, -0.05) is 177 Å². The number of benzene rings is 9. The van der Waals surface area contributed by atoms with Crippen LogP contribution in [0.2, 0.25) is 0 Å². The summed E-state index contributed by atoms with van der Waals surface area (Å²) in [5, 5.41) is 0. The summed E-state index contributed by atoms with van der Waals surface area (Å²) in [7, 11) is 0. The van der Waals surface area contributed by atoms with E-state index in [1.54, 1.807) is 0 Å². The molecule has 2 saturated carbocycles. The lowest BCUT2D eigenvalue weighted by Crippen LogP contribution is -2.30. The molecule has 358 valence electrons. The zero-order chi connectivity index (χ0) is 48.9. The number of rotatable bonds is 13. The Bertz CT molecular complexity index is 2950. The summed E-state index contributed by atoms with van der Waals surface area (Å²) in [4.78, 5) is 7.19. The van der Waals surface area contributed by atoms with Crippen LogP contribution >= 0.6 is 0 Å². The van der Waals surface area contributed by atoms with Gasteiger partial charge in [-0.25, -0.2) is 0 Å². The van der Waals surface area contributed by atoms with Gasteiger partial charge in [0.2, 0.25) is 0 Å². The fourth-order valence-electron chi connectivity index (χ4n) is 12.1. The zero-order valence-electron chi connectivity index (χ0n) is 42.4. The molecule has 0 saturated heterocycles. The molecule has 0 N–H and O–H groups in total. The van der Waals surface area contributed by atoms with Crippen LogP contribution in [-0.2, 0) is 10.8 Å². The van der Waals surface area contributed by atoms with Crippen LogP contribution in [0.15, 0.2) is 231 Å². The highest BCUT2D eigenvalue weighted by atomic mass is 15.2. The molecule has 0 atom stereocenters. The highest BCUT2D eigenvalue weighted by Crippen LogP contribution is 2.49. The van der Waals surface area contributed by atoms with Gasteiger partial charge in [-0.15, -0.1) is 0 Å². The van der Waals surface area contributed by atoms with E-state index < -0.39 is 0 Å². The first-order valence-electron chi connectivity index (χ1n) is 26.5. The maximum absolute atomic E-state index is 2.45. The number of aryl methyl sites for hydroxylation is 3. The van der Waals surface area contributed by atoms with E-state index in [1.165, 1.54) is 117 Å². The molecular weight excluding hydrogens is 871 g/mol. The van der Waals surface area contributed by atoms with Gasteiger partial charge in [-0.2, -0.15) is 0 Å². The normalized spacial score (nSPS) is 15.1. The van der Waals surface area contributed by atoms with Crippen LogP contribution in [-0.4, -0.2) is 0 Å². The number of hydrogen-bond donors (Lipinski definition) is 0. The molecule has 0 heterocycles. The van der Waals surface area contributed by atoms with Crippen molar-refractivity contribution in [3.8, 4) is 0 Å². The van der Waals surface area contributed by atoms with E-state index in [4.69, 9.17) is 0 Å². The van der Waals surface area contributed by atoms with E-state index in [2.05, 4.69) is 266 Å². The van der Waals surface area contributed by atoms with Crippen molar-refractivity contribution in [1.82, 2.24) is 0 Å². The van der Waals surface area contributed by atoms with Gasteiger partial charge in [0.1, 0.15) is 0 Å². The molecule has 11 rings (SSSR count). The van der Waals surface area contributed by atoms with Gasteiger partial charge in [0, 0.05) is 62.0 Å². The van der Waals surface area contributed by atoms with E-state index in [9.17, 15) is 0 Å². The lowest BCUT2D eigenvalue weighted by atomic mass is 9.65. The van der Waals surface area contributed by atoms with Crippen LogP contribution in [0.5, 0.6) is 0 Å². The summed E-state index contributed by atoms with van der Waals surface area (Å²) in [5.41, 5.74) is 19.9. The van der Waals surface area contributed by atoms with Crippen molar-refractivity contribution < 1.29 is 0 Å². The summed E-state index contributed by atoms with van der Waals surface area (Å²) < 4.78 is 0. The molecule has 2 fully saturated rings. The zero-order valence-corrected chi connectivity index (χ0v) is 42.4. The van der Waals surface area contributed by atoms with Gasteiger partial charge >= 0.3 is 0 Å². The predicted molar refractivity (Wildman–Crippen MR) is 305 cm³/mol.